The summed E-state index contributed by atoms with van der Waals surface area (Å²) in [6, 6.07) is 2.36. The second-order valence-electron chi connectivity index (χ2n) is 5.48. The number of anilines is 1. The molecule has 2 aromatic rings. The van der Waals surface area contributed by atoms with Crippen LogP contribution in [0.4, 0.5) is 5.82 Å². The van der Waals surface area contributed by atoms with Crippen molar-refractivity contribution in [2.45, 2.75) is 39.3 Å². The zero-order valence-electron chi connectivity index (χ0n) is 12.0. The summed E-state index contributed by atoms with van der Waals surface area (Å²) in [6.45, 7) is 7.41. The highest BCUT2D eigenvalue weighted by molar-refractivity contribution is 7.11. The molecule has 1 saturated heterocycles. The lowest BCUT2D eigenvalue weighted by Crippen LogP contribution is -2.34. The number of hydrogen-bond acceptors (Lipinski definition) is 5. The van der Waals surface area contributed by atoms with E-state index in [0.29, 0.717) is 11.9 Å². The molecule has 0 aliphatic carbocycles. The summed E-state index contributed by atoms with van der Waals surface area (Å²) in [4.78, 5) is 8.45. The van der Waals surface area contributed by atoms with E-state index in [9.17, 15) is 0 Å². The second-order valence-corrected chi connectivity index (χ2v) is 6.76. The second kappa shape index (κ2) is 5.54. The lowest BCUT2D eigenvalue weighted by molar-refractivity contribution is 0.173. The summed E-state index contributed by atoms with van der Waals surface area (Å²) >= 11 is 1.82. The van der Waals surface area contributed by atoms with Gasteiger partial charge in [-0.1, -0.05) is 0 Å². The Hall–Kier alpha value is -1.40. The third-order valence-electron chi connectivity index (χ3n) is 3.99. The fourth-order valence-electron chi connectivity index (χ4n) is 2.70. The summed E-state index contributed by atoms with van der Waals surface area (Å²) in [5, 5.41) is 5.56. The highest BCUT2D eigenvalue weighted by atomic mass is 32.1. The Balaban J connectivity index is 1.56. The minimum atomic E-state index is 0.489. The number of rotatable bonds is 3. The van der Waals surface area contributed by atoms with E-state index in [1.165, 1.54) is 15.6 Å². The molecule has 6 heteroatoms. The van der Waals surface area contributed by atoms with E-state index in [1.54, 1.807) is 0 Å². The molecule has 20 heavy (non-hydrogen) atoms. The average Bonchev–Trinajstić information content (AvgIpc) is 2.98. The Morgan fingerprint density at radius 3 is 2.65 bits per heavy atom. The molecule has 5 nitrogen and oxygen atoms in total. The molecule has 1 aliphatic heterocycles. The maximum atomic E-state index is 5.68. The van der Waals surface area contributed by atoms with E-state index in [-0.39, 0.29) is 0 Å². The van der Waals surface area contributed by atoms with Gasteiger partial charge >= 0.3 is 0 Å². The first-order chi connectivity index (χ1) is 9.61. The minimum absolute atomic E-state index is 0.489. The Labute approximate surface area is 123 Å². The van der Waals surface area contributed by atoms with Gasteiger partial charge in [0.2, 0.25) is 0 Å². The van der Waals surface area contributed by atoms with Gasteiger partial charge in [-0.3, -0.25) is 9.58 Å². The molecule has 1 aliphatic rings. The predicted molar refractivity (Wildman–Crippen MR) is 81.8 cm³/mol. The third-order valence-corrected chi connectivity index (χ3v) is 5.05. The first-order valence-corrected chi connectivity index (χ1v) is 7.89. The van der Waals surface area contributed by atoms with Crippen LogP contribution in [0.3, 0.4) is 0 Å². The minimum Gasteiger partial charge on any atom is -0.382 e. The molecular formula is C14H21N5S. The van der Waals surface area contributed by atoms with Crippen molar-refractivity contribution in [2.75, 3.05) is 18.8 Å². The van der Waals surface area contributed by atoms with Gasteiger partial charge < -0.3 is 5.73 Å². The highest BCUT2D eigenvalue weighted by Gasteiger charge is 2.21. The van der Waals surface area contributed by atoms with E-state index in [2.05, 4.69) is 28.8 Å². The maximum absolute atomic E-state index is 5.68. The summed E-state index contributed by atoms with van der Waals surface area (Å²) in [5.74, 6) is 0.612. The molecule has 0 spiro atoms. The molecule has 108 valence electrons. The molecule has 0 radical (unpaired) electrons. The van der Waals surface area contributed by atoms with Crippen molar-refractivity contribution in [2.24, 2.45) is 0 Å². The van der Waals surface area contributed by atoms with Crippen LogP contribution in [0.15, 0.2) is 12.3 Å². The van der Waals surface area contributed by atoms with Gasteiger partial charge in [0.15, 0.2) is 0 Å². The van der Waals surface area contributed by atoms with Gasteiger partial charge in [0, 0.05) is 24.2 Å². The van der Waals surface area contributed by atoms with Gasteiger partial charge in [-0.2, -0.15) is 5.10 Å². The van der Waals surface area contributed by atoms with E-state index in [1.807, 2.05) is 28.3 Å². The molecule has 3 heterocycles. The van der Waals surface area contributed by atoms with E-state index in [0.717, 1.165) is 32.5 Å². The molecule has 2 N–H and O–H groups in total. The van der Waals surface area contributed by atoms with Gasteiger partial charge in [-0.15, -0.1) is 11.3 Å². The molecular weight excluding hydrogens is 270 g/mol. The topological polar surface area (TPSA) is 60.0 Å². The molecule has 0 amide bonds. The van der Waals surface area contributed by atoms with Crippen LogP contribution >= 0.6 is 11.3 Å². The van der Waals surface area contributed by atoms with E-state index >= 15 is 0 Å². The number of nitrogens with two attached hydrogens (primary N) is 1. The Bertz CT molecular complexity index is 561. The zero-order valence-corrected chi connectivity index (χ0v) is 12.9. The van der Waals surface area contributed by atoms with Crippen molar-refractivity contribution in [1.29, 1.82) is 0 Å². The Kier molecular flexibility index (Phi) is 3.76. The summed E-state index contributed by atoms with van der Waals surface area (Å²) in [7, 11) is 0. The molecule has 3 rings (SSSR count). The molecule has 0 unspecified atom stereocenters. The normalized spacial score (nSPS) is 17.7. The molecule has 0 bridgehead atoms. The number of aromatic nitrogens is 3. The highest BCUT2D eigenvalue weighted by Crippen LogP contribution is 2.25. The average molecular weight is 291 g/mol. The molecule has 0 atom stereocenters. The fourth-order valence-corrected chi connectivity index (χ4v) is 3.67. The van der Waals surface area contributed by atoms with Crippen molar-refractivity contribution in [3.63, 3.8) is 0 Å². The van der Waals surface area contributed by atoms with Crippen LogP contribution in [-0.2, 0) is 6.54 Å². The number of nitrogens with zero attached hydrogens (tertiary/aromatic N) is 4. The number of nitrogen functional groups attached to an aromatic ring is 1. The predicted octanol–water partition coefficient (Wildman–Crippen LogP) is 2.38. The quantitative estimate of drug-likeness (QED) is 0.943. The maximum Gasteiger partial charge on any atom is 0.145 e. The lowest BCUT2D eigenvalue weighted by atomic mass is 10.1. The Morgan fingerprint density at radius 1 is 1.35 bits per heavy atom. The van der Waals surface area contributed by atoms with E-state index in [4.69, 9.17) is 5.73 Å². The monoisotopic (exact) mass is 291 g/mol. The van der Waals surface area contributed by atoms with Crippen LogP contribution in [0.25, 0.3) is 0 Å². The van der Waals surface area contributed by atoms with Crippen molar-refractivity contribution in [1.82, 2.24) is 19.7 Å². The SMILES string of the molecule is Cc1nc(CN2CCC(n3ccc(N)n3)CC2)sc1C. The summed E-state index contributed by atoms with van der Waals surface area (Å²) in [5.41, 5.74) is 6.86. The van der Waals surface area contributed by atoms with Gasteiger partial charge in [-0.05, 0) is 32.8 Å². The standard InChI is InChI=1S/C14H21N5S/c1-10-11(2)20-14(16-10)9-18-6-3-12(4-7-18)19-8-5-13(15)17-19/h5,8,12H,3-4,6-7,9H2,1-2H3,(H2,15,17). The van der Waals surface area contributed by atoms with Crippen molar-refractivity contribution < 1.29 is 0 Å². The first-order valence-electron chi connectivity index (χ1n) is 7.07. The Morgan fingerprint density at radius 2 is 2.10 bits per heavy atom. The smallest absolute Gasteiger partial charge is 0.145 e. The van der Waals surface area contributed by atoms with Crippen LogP contribution in [-0.4, -0.2) is 32.8 Å². The number of likely N-dealkylation sites (tertiary alicyclic amines) is 1. The number of thiazole rings is 1. The van der Waals surface area contributed by atoms with Gasteiger partial charge in [0.1, 0.15) is 10.8 Å². The zero-order chi connectivity index (χ0) is 14.1. The van der Waals surface area contributed by atoms with E-state index < -0.39 is 0 Å². The van der Waals surface area contributed by atoms with Crippen molar-refractivity contribution >= 4 is 17.2 Å². The van der Waals surface area contributed by atoms with Gasteiger partial charge in [0.25, 0.3) is 0 Å². The van der Waals surface area contributed by atoms with Crippen LogP contribution in [0.1, 0.15) is 34.5 Å². The van der Waals surface area contributed by atoms with Gasteiger partial charge in [0.05, 0.1) is 18.3 Å². The number of hydrogen-bond donors (Lipinski definition) is 1. The van der Waals surface area contributed by atoms with Gasteiger partial charge in [-0.25, -0.2) is 4.98 Å². The fraction of sp³-hybridized carbons (Fsp3) is 0.571. The van der Waals surface area contributed by atoms with Crippen molar-refractivity contribution in [3.8, 4) is 0 Å². The largest absolute Gasteiger partial charge is 0.382 e. The van der Waals surface area contributed by atoms with Crippen LogP contribution in [0, 0.1) is 13.8 Å². The lowest BCUT2D eigenvalue weighted by Gasteiger charge is -2.31. The summed E-state index contributed by atoms with van der Waals surface area (Å²) in [6.07, 6.45) is 4.25. The molecule has 1 fully saturated rings. The van der Waals surface area contributed by atoms with Crippen LogP contribution < -0.4 is 5.73 Å². The van der Waals surface area contributed by atoms with Crippen LogP contribution in [0.2, 0.25) is 0 Å². The number of aryl methyl sites for hydroxylation is 2. The molecule has 2 aromatic heterocycles. The molecule has 0 saturated carbocycles. The van der Waals surface area contributed by atoms with Crippen molar-refractivity contribution in [3.05, 3.63) is 27.8 Å². The van der Waals surface area contributed by atoms with Crippen LogP contribution in [0.5, 0.6) is 0 Å². The number of piperidine rings is 1. The third kappa shape index (κ3) is 2.86. The molecule has 0 aromatic carbocycles. The first kappa shape index (κ1) is 13.6. The summed E-state index contributed by atoms with van der Waals surface area (Å²) < 4.78 is 2.02.